The van der Waals surface area contributed by atoms with Crippen molar-refractivity contribution in [1.82, 2.24) is 14.7 Å². The van der Waals surface area contributed by atoms with E-state index >= 15 is 0 Å². The highest BCUT2D eigenvalue weighted by Gasteiger charge is 2.20. The average molecular weight is 417 g/mol. The Morgan fingerprint density at radius 2 is 2.00 bits per heavy atom. The van der Waals surface area contributed by atoms with E-state index in [2.05, 4.69) is 15.5 Å². The van der Waals surface area contributed by atoms with Crippen molar-refractivity contribution in [3.63, 3.8) is 0 Å². The summed E-state index contributed by atoms with van der Waals surface area (Å²) in [6, 6.07) is 9.26. The molecule has 0 aliphatic rings. The predicted molar refractivity (Wildman–Crippen MR) is 101 cm³/mol. The van der Waals surface area contributed by atoms with Crippen LogP contribution in [0.2, 0.25) is 5.02 Å². The van der Waals surface area contributed by atoms with Crippen molar-refractivity contribution in [2.75, 3.05) is 5.32 Å². The highest BCUT2D eigenvalue weighted by Crippen LogP contribution is 2.26. The summed E-state index contributed by atoms with van der Waals surface area (Å²) in [6.45, 7) is -0.405. The molecule has 0 fully saturated rings. The van der Waals surface area contributed by atoms with Crippen molar-refractivity contribution >= 4 is 34.3 Å². The van der Waals surface area contributed by atoms with Crippen LogP contribution in [-0.2, 0) is 11.3 Å². The number of carbonyl (C=O) groups is 1. The maximum Gasteiger partial charge on any atom is 0.267 e. The molecule has 1 N–H and O–H groups in total. The summed E-state index contributed by atoms with van der Waals surface area (Å²) in [5.41, 5.74) is -0.448. The molecule has 2 aromatic carbocycles. The first-order valence-corrected chi connectivity index (χ1v) is 8.66. The van der Waals surface area contributed by atoms with Gasteiger partial charge in [0.1, 0.15) is 35.6 Å². The summed E-state index contributed by atoms with van der Waals surface area (Å²) >= 11 is 5.88. The van der Waals surface area contributed by atoms with Gasteiger partial charge in [-0.15, -0.1) is 0 Å². The highest BCUT2D eigenvalue weighted by atomic mass is 35.5. The van der Waals surface area contributed by atoms with E-state index in [1.807, 2.05) is 0 Å². The fourth-order valence-electron chi connectivity index (χ4n) is 2.77. The van der Waals surface area contributed by atoms with Crippen molar-refractivity contribution in [1.29, 1.82) is 0 Å². The first-order valence-electron chi connectivity index (χ1n) is 8.28. The smallest absolute Gasteiger partial charge is 0.267 e. The number of aromatic nitrogens is 3. The number of nitrogens with one attached hydrogen (secondary N) is 1. The number of nitrogens with zero attached hydrogens (tertiary/aromatic N) is 3. The lowest BCUT2D eigenvalue weighted by Crippen LogP contribution is -2.28. The zero-order valence-electron chi connectivity index (χ0n) is 14.5. The monoisotopic (exact) mass is 416 g/mol. The molecule has 1 amide bonds. The van der Waals surface area contributed by atoms with E-state index in [1.54, 1.807) is 6.07 Å². The Labute approximate surface area is 166 Å². The maximum absolute atomic E-state index is 14.1. The molecule has 0 saturated carbocycles. The lowest BCUT2D eigenvalue weighted by Gasteiger charge is -2.08. The number of anilines is 1. The minimum Gasteiger partial charge on any atom is -0.335 e. The van der Waals surface area contributed by atoms with Crippen molar-refractivity contribution in [3.8, 4) is 11.3 Å². The quantitative estimate of drug-likeness (QED) is 0.548. The molecule has 0 atom stereocenters. The Morgan fingerprint density at radius 1 is 1.21 bits per heavy atom. The highest BCUT2D eigenvalue weighted by molar-refractivity contribution is 6.33. The first-order chi connectivity index (χ1) is 13.9. The van der Waals surface area contributed by atoms with Gasteiger partial charge in [-0.3, -0.25) is 14.2 Å². The molecule has 146 valence electrons. The number of fused-ring (bicyclic) bond motifs is 1. The summed E-state index contributed by atoms with van der Waals surface area (Å²) in [5.74, 6) is -1.72. The average Bonchev–Trinajstić information content (AvgIpc) is 3.11. The maximum atomic E-state index is 14.1. The number of halogens is 3. The van der Waals surface area contributed by atoms with Crippen LogP contribution in [0.1, 0.15) is 0 Å². The zero-order valence-corrected chi connectivity index (χ0v) is 15.3. The van der Waals surface area contributed by atoms with E-state index in [4.69, 9.17) is 16.1 Å². The molecule has 0 aliphatic carbocycles. The standard InChI is InChI=1S/C19H11ClF2N4O3/c20-12-7-10(21)5-6-14(12)24-15(27)8-26-9-23-18-16(19(26)28)17(25-29-18)11-3-1-2-4-13(11)22/h1-7,9H,8H2,(H,24,27). The second kappa shape index (κ2) is 7.44. The van der Waals surface area contributed by atoms with Crippen LogP contribution < -0.4 is 10.9 Å². The predicted octanol–water partition coefficient (Wildman–Crippen LogP) is 3.62. The molecule has 29 heavy (non-hydrogen) atoms. The summed E-state index contributed by atoms with van der Waals surface area (Å²) in [4.78, 5) is 29.1. The van der Waals surface area contributed by atoms with Crippen molar-refractivity contribution in [2.24, 2.45) is 0 Å². The van der Waals surface area contributed by atoms with E-state index in [1.165, 1.54) is 24.3 Å². The van der Waals surface area contributed by atoms with Gasteiger partial charge in [0.25, 0.3) is 11.3 Å². The van der Waals surface area contributed by atoms with E-state index < -0.39 is 29.6 Å². The Kier molecular flexibility index (Phi) is 4.81. The molecular weight excluding hydrogens is 406 g/mol. The van der Waals surface area contributed by atoms with Crippen molar-refractivity contribution in [2.45, 2.75) is 6.54 Å². The fraction of sp³-hybridized carbons (Fsp3) is 0.0526. The lowest BCUT2D eigenvalue weighted by atomic mass is 10.1. The van der Waals surface area contributed by atoms with E-state index in [-0.39, 0.29) is 33.1 Å². The van der Waals surface area contributed by atoms with Gasteiger partial charge in [0, 0.05) is 5.56 Å². The number of carbonyl (C=O) groups excluding carboxylic acids is 1. The van der Waals surface area contributed by atoms with Crippen molar-refractivity contribution in [3.05, 3.63) is 75.8 Å². The molecule has 0 bridgehead atoms. The van der Waals surface area contributed by atoms with Crippen LogP contribution in [0.5, 0.6) is 0 Å². The summed E-state index contributed by atoms with van der Waals surface area (Å²) in [7, 11) is 0. The van der Waals surface area contributed by atoms with E-state index in [9.17, 15) is 18.4 Å². The van der Waals surface area contributed by atoms with Crippen LogP contribution in [0.4, 0.5) is 14.5 Å². The van der Waals surface area contributed by atoms with Gasteiger partial charge in [0.05, 0.1) is 10.7 Å². The molecule has 2 aromatic heterocycles. The largest absolute Gasteiger partial charge is 0.335 e. The topological polar surface area (TPSA) is 90.0 Å². The molecule has 0 unspecified atom stereocenters. The molecule has 4 rings (SSSR count). The van der Waals surface area contributed by atoms with Crippen molar-refractivity contribution < 1.29 is 18.1 Å². The minimum absolute atomic E-state index is 0.00747. The second-order valence-corrected chi connectivity index (χ2v) is 6.45. The molecule has 4 aromatic rings. The SMILES string of the molecule is O=C(Cn1cnc2onc(-c3ccccc3F)c2c1=O)Nc1ccc(F)cc1Cl. The third-order valence-electron chi connectivity index (χ3n) is 4.11. The van der Waals surface area contributed by atoms with Gasteiger partial charge < -0.3 is 9.84 Å². The number of amides is 1. The Balaban J connectivity index is 1.67. The van der Waals surface area contributed by atoms with Crippen LogP contribution in [0, 0.1) is 11.6 Å². The third kappa shape index (κ3) is 3.59. The summed E-state index contributed by atoms with van der Waals surface area (Å²) in [5, 5.41) is 6.20. The van der Waals surface area contributed by atoms with E-state index in [0.717, 1.165) is 23.0 Å². The lowest BCUT2D eigenvalue weighted by molar-refractivity contribution is -0.116. The molecule has 0 spiro atoms. The zero-order chi connectivity index (χ0) is 20.5. The fourth-order valence-corrected chi connectivity index (χ4v) is 2.98. The van der Waals surface area contributed by atoms with Crippen LogP contribution in [0.15, 0.2) is 58.1 Å². The van der Waals surface area contributed by atoms with E-state index in [0.29, 0.717) is 0 Å². The molecule has 2 heterocycles. The molecular formula is C19H11ClF2N4O3. The van der Waals surface area contributed by atoms with Gasteiger partial charge in [-0.05, 0) is 30.3 Å². The summed E-state index contributed by atoms with van der Waals surface area (Å²) < 4.78 is 33.3. The number of hydrogen-bond acceptors (Lipinski definition) is 5. The normalized spacial score (nSPS) is 11.0. The third-order valence-corrected chi connectivity index (χ3v) is 4.42. The Bertz CT molecular complexity index is 1300. The van der Waals surface area contributed by atoms with Crippen LogP contribution >= 0.6 is 11.6 Å². The Hall–Kier alpha value is -3.59. The number of rotatable bonds is 4. The van der Waals surface area contributed by atoms with Gasteiger partial charge in [-0.25, -0.2) is 13.8 Å². The number of benzene rings is 2. The molecule has 0 radical (unpaired) electrons. The number of hydrogen-bond donors (Lipinski definition) is 1. The van der Waals surface area contributed by atoms with Crippen LogP contribution in [0.3, 0.4) is 0 Å². The van der Waals surface area contributed by atoms with Crippen LogP contribution in [0.25, 0.3) is 22.4 Å². The van der Waals surface area contributed by atoms with Gasteiger partial charge >= 0.3 is 0 Å². The molecule has 0 saturated heterocycles. The van der Waals surface area contributed by atoms with Gasteiger partial charge in [0.2, 0.25) is 5.91 Å². The Morgan fingerprint density at radius 3 is 2.76 bits per heavy atom. The van der Waals surface area contributed by atoms with Crippen LogP contribution in [-0.4, -0.2) is 20.6 Å². The van der Waals surface area contributed by atoms with Gasteiger partial charge in [-0.1, -0.05) is 28.9 Å². The molecule has 0 aliphatic heterocycles. The van der Waals surface area contributed by atoms with Gasteiger partial charge in [-0.2, -0.15) is 0 Å². The molecule has 10 heteroatoms. The minimum atomic E-state index is -0.630. The molecule has 7 nitrogen and oxygen atoms in total. The first kappa shape index (κ1) is 18.8. The summed E-state index contributed by atoms with van der Waals surface area (Å²) in [6.07, 6.45) is 1.12. The second-order valence-electron chi connectivity index (χ2n) is 6.04. The van der Waals surface area contributed by atoms with Gasteiger partial charge in [0.15, 0.2) is 0 Å².